The van der Waals surface area contributed by atoms with Gasteiger partial charge in [0.05, 0.1) is 13.1 Å². The van der Waals surface area contributed by atoms with Crippen LogP contribution in [-0.2, 0) is 14.4 Å². The lowest BCUT2D eigenvalue weighted by Crippen LogP contribution is -2.38. The van der Waals surface area contributed by atoms with E-state index in [1.54, 1.807) is 0 Å². The Kier molecular flexibility index (Phi) is 5.56. The van der Waals surface area contributed by atoms with Gasteiger partial charge in [0.2, 0.25) is 0 Å². The molecule has 1 fully saturated rings. The third-order valence-electron chi connectivity index (χ3n) is 3.94. The van der Waals surface area contributed by atoms with Crippen LogP contribution in [0.3, 0.4) is 0 Å². The highest BCUT2D eigenvalue weighted by molar-refractivity contribution is 6.14. The number of hydrogen-bond acceptors (Lipinski definition) is 4. The highest BCUT2D eigenvalue weighted by Gasteiger charge is 2.28. The molecule has 1 heterocycles. The largest absolute Gasteiger partial charge is 0.364 e. The molecule has 4 heteroatoms. The zero-order valence-electron chi connectivity index (χ0n) is 14.3. The summed E-state index contributed by atoms with van der Waals surface area (Å²) in [5.74, 6) is -0.582. The van der Waals surface area contributed by atoms with E-state index in [0.717, 1.165) is 17.2 Å². The standard InChI is InChI=1S/C22H19NO3/c1-2-21(24)26-23-15-19(13-17-9-5-3-6-10-17)22(25)20(16-23)14-18-11-7-4-8-12-18/h2-14H,1,15-16H2/b19-13-,20-14+. The van der Waals surface area contributed by atoms with E-state index in [0.29, 0.717) is 11.1 Å². The van der Waals surface area contributed by atoms with Gasteiger partial charge >= 0.3 is 5.97 Å². The predicted molar refractivity (Wildman–Crippen MR) is 102 cm³/mol. The van der Waals surface area contributed by atoms with Crippen molar-refractivity contribution in [3.05, 3.63) is 95.6 Å². The van der Waals surface area contributed by atoms with Gasteiger partial charge in [0.25, 0.3) is 0 Å². The number of piperidine rings is 1. The topological polar surface area (TPSA) is 46.6 Å². The molecule has 1 aliphatic rings. The first-order valence-corrected chi connectivity index (χ1v) is 8.31. The molecule has 0 bridgehead atoms. The van der Waals surface area contributed by atoms with Crippen LogP contribution in [0.5, 0.6) is 0 Å². The van der Waals surface area contributed by atoms with Crippen molar-refractivity contribution in [2.75, 3.05) is 13.1 Å². The molecular weight excluding hydrogens is 326 g/mol. The van der Waals surface area contributed by atoms with Gasteiger partial charge in [-0.05, 0) is 23.3 Å². The Bertz CT molecular complexity index is 805. The summed E-state index contributed by atoms with van der Waals surface area (Å²) in [7, 11) is 0. The van der Waals surface area contributed by atoms with Crippen LogP contribution in [-0.4, -0.2) is 29.9 Å². The SMILES string of the molecule is C=CC(=O)ON1C/C(=C/c2ccccc2)C(=O)/C(=C/c2ccccc2)C1. The maximum absolute atomic E-state index is 12.9. The van der Waals surface area contributed by atoms with Crippen molar-refractivity contribution in [3.63, 3.8) is 0 Å². The first-order chi connectivity index (χ1) is 12.7. The Morgan fingerprint density at radius 3 is 1.77 bits per heavy atom. The fourth-order valence-corrected chi connectivity index (χ4v) is 2.74. The highest BCUT2D eigenvalue weighted by Crippen LogP contribution is 2.22. The lowest BCUT2D eigenvalue weighted by Gasteiger charge is -2.27. The van der Waals surface area contributed by atoms with Crippen molar-refractivity contribution in [3.8, 4) is 0 Å². The number of hydrogen-bond donors (Lipinski definition) is 0. The third-order valence-corrected chi connectivity index (χ3v) is 3.94. The first kappa shape index (κ1) is 17.6. The molecule has 0 spiro atoms. The molecule has 2 aromatic rings. The average Bonchev–Trinajstić information content (AvgIpc) is 2.67. The second-order valence-electron chi connectivity index (χ2n) is 5.90. The van der Waals surface area contributed by atoms with Crippen molar-refractivity contribution < 1.29 is 14.4 Å². The molecule has 0 amide bonds. The number of rotatable bonds is 4. The Morgan fingerprint density at radius 1 is 0.885 bits per heavy atom. The molecule has 0 N–H and O–H groups in total. The molecular formula is C22H19NO3. The number of Topliss-reactive ketones (excluding diaryl/α,β-unsaturated/α-hetero) is 1. The lowest BCUT2D eigenvalue weighted by atomic mass is 9.95. The van der Waals surface area contributed by atoms with E-state index in [-0.39, 0.29) is 18.9 Å². The molecule has 0 atom stereocenters. The molecule has 0 aromatic heterocycles. The summed E-state index contributed by atoms with van der Waals surface area (Å²) >= 11 is 0. The van der Waals surface area contributed by atoms with E-state index in [2.05, 4.69) is 6.58 Å². The Morgan fingerprint density at radius 2 is 1.35 bits per heavy atom. The van der Waals surface area contributed by atoms with Gasteiger partial charge in [0.1, 0.15) is 0 Å². The van der Waals surface area contributed by atoms with Crippen LogP contribution < -0.4 is 0 Å². The number of benzene rings is 2. The van der Waals surface area contributed by atoms with E-state index < -0.39 is 5.97 Å². The van der Waals surface area contributed by atoms with Crippen molar-refractivity contribution in [1.29, 1.82) is 0 Å². The van der Waals surface area contributed by atoms with Gasteiger partial charge in [-0.15, -0.1) is 5.06 Å². The fourth-order valence-electron chi connectivity index (χ4n) is 2.74. The van der Waals surface area contributed by atoms with E-state index in [4.69, 9.17) is 4.84 Å². The van der Waals surface area contributed by atoms with Gasteiger partial charge in [-0.1, -0.05) is 67.2 Å². The number of carbonyl (C=O) groups excluding carboxylic acids is 2. The number of carbonyl (C=O) groups is 2. The van der Waals surface area contributed by atoms with E-state index in [9.17, 15) is 9.59 Å². The first-order valence-electron chi connectivity index (χ1n) is 8.31. The fraction of sp³-hybridized carbons (Fsp3) is 0.0909. The second-order valence-corrected chi connectivity index (χ2v) is 5.90. The monoisotopic (exact) mass is 345 g/mol. The molecule has 3 rings (SSSR count). The zero-order chi connectivity index (χ0) is 18.4. The highest BCUT2D eigenvalue weighted by atomic mass is 16.7. The van der Waals surface area contributed by atoms with Crippen LogP contribution in [0.4, 0.5) is 0 Å². The molecule has 26 heavy (non-hydrogen) atoms. The summed E-state index contributed by atoms with van der Waals surface area (Å²) in [5.41, 5.74) is 2.99. The molecule has 4 nitrogen and oxygen atoms in total. The lowest BCUT2D eigenvalue weighted by molar-refractivity contribution is -0.181. The maximum atomic E-state index is 12.9. The average molecular weight is 345 g/mol. The molecule has 1 saturated heterocycles. The smallest absolute Gasteiger partial charge is 0.349 e. The van der Waals surface area contributed by atoms with E-state index >= 15 is 0 Å². The number of nitrogens with zero attached hydrogens (tertiary/aromatic N) is 1. The maximum Gasteiger partial charge on any atom is 0.349 e. The summed E-state index contributed by atoms with van der Waals surface area (Å²) in [4.78, 5) is 29.8. The van der Waals surface area contributed by atoms with Crippen molar-refractivity contribution in [2.45, 2.75) is 0 Å². The second kappa shape index (κ2) is 8.23. The summed E-state index contributed by atoms with van der Waals surface area (Å²) in [6, 6.07) is 19.2. The number of ketones is 1. The van der Waals surface area contributed by atoms with E-state index in [1.807, 2.05) is 72.8 Å². The van der Waals surface area contributed by atoms with Gasteiger partial charge in [0, 0.05) is 17.2 Å². The van der Waals surface area contributed by atoms with Crippen LogP contribution in [0.1, 0.15) is 11.1 Å². The number of hydroxylamine groups is 2. The molecule has 0 aliphatic carbocycles. The molecule has 2 aromatic carbocycles. The minimum atomic E-state index is -0.544. The third kappa shape index (κ3) is 4.43. The van der Waals surface area contributed by atoms with Gasteiger partial charge in [0.15, 0.2) is 5.78 Å². The summed E-state index contributed by atoms with van der Waals surface area (Å²) in [6.07, 6.45) is 4.77. The Hall–Kier alpha value is -3.24. The molecule has 1 aliphatic heterocycles. The quantitative estimate of drug-likeness (QED) is 0.793. The van der Waals surface area contributed by atoms with Crippen molar-refractivity contribution in [2.24, 2.45) is 0 Å². The van der Waals surface area contributed by atoms with Crippen LogP contribution in [0.25, 0.3) is 12.2 Å². The van der Waals surface area contributed by atoms with Gasteiger partial charge < -0.3 is 4.84 Å². The van der Waals surface area contributed by atoms with E-state index in [1.165, 1.54) is 5.06 Å². The minimum Gasteiger partial charge on any atom is -0.364 e. The van der Waals surface area contributed by atoms with Gasteiger partial charge in [-0.3, -0.25) is 4.79 Å². The summed E-state index contributed by atoms with van der Waals surface area (Å²) in [6.45, 7) is 3.89. The zero-order valence-corrected chi connectivity index (χ0v) is 14.3. The van der Waals surface area contributed by atoms with Gasteiger partial charge in [-0.25, -0.2) is 4.79 Å². The molecule has 0 radical (unpaired) electrons. The van der Waals surface area contributed by atoms with Crippen LogP contribution in [0.2, 0.25) is 0 Å². The van der Waals surface area contributed by atoms with Crippen LogP contribution in [0, 0.1) is 0 Å². The molecule has 130 valence electrons. The normalized spacial score (nSPS) is 18.1. The summed E-state index contributed by atoms with van der Waals surface area (Å²) in [5, 5.41) is 1.48. The van der Waals surface area contributed by atoms with Gasteiger partial charge in [-0.2, -0.15) is 0 Å². The Labute approximate surface area is 152 Å². The predicted octanol–water partition coefficient (Wildman–Crippen LogP) is 3.68. The Balaban J connectivity index is 1.94. The van der Waals surface area contributed by atoms with Crippen LogP contribution >= 0.6 is 0 Å². The molecule has 0 saturated carbocycles. The molecule has 0 unspecified atom stereocenters. The minimum absolute atomic E-state index is 0.0383. The van der Waals surface area contributed by atoms with Crippen molar-refractivity contribution >= 4 is 23.9 Å². The summed E-state index contributed by atoms with van der Waals surface area (Å²) < 4.78 is 0. The van der Waals surface area contributed by atoms with Crippen molar-refractivity contribution in [1.82, 2.24) is 5.06 Å². The van der Waals surface area contributed by atoms with Crippen LogP contribution in [0.15, 0.2) is 84.5 Å².